The molecule has 0 aromatic carbocycles. The SMILES string of the molecule is CCOC(C)=O.CCOC(C)=O.CCOC(C)=O.ClC(Cl)Cl.ClC(Cl)Cl. The number of carbonyl (C=O) groups is 3. The second kappa shape index (κ2) is 32.8. The highest BCUT2D eigenvalue weighted by Crippen LogP contribution is 2.04. The first kappa shape index (κ1) is 37.0. The van der Waals surface area contributed by atoms with Crippen LogP contribution in [0, 0.1) is 0 Å². The predicted molar refractivity (Wildman–Crippen MR) is 110 cm³/mol. The van der Waals surface area contributed by atoms with E-state index in [4.69, 9.17) is 69.6 Å². The van der Waals surface area contributed by atoms with E-state index in [0.717, 1.165) is 0 Å². The molecule has 0 rings (SSSR count). The van der Waals surface area contributed by atoms with Crippen molar-refractivity contribution in [3.05, 3.63) is 0 Å². The van der Waals surface area contributed by atoms with Gasteiger partial charge >= 0.3 is 17.9 Å². The quantitative estimate of drug-likeness (QED) is 0.280. The van der Waals surface area contributed by atoms with E-state index >= 15 is 0 Å². The molecule has 0 saturated heterocycles. The Morgan fingerprint density at radius 1 is 0.577 bits per heavy atom. The first-order chi connectivity index (χ1) is 11.8. The van der Waals surface area contributed by atoms with Crippen LogP contribution in [0.25, 0.3) is 0 Å². The molecule has 0 aliphatic rings. The van der Waals surface area contributed by atoms with Gasteiger partial charge < -0.3 is 14.2 Å². The maximum absolute atomic E-state index is 9.82. The standard InChI is InChI=1S/3C4H8O2.2CHCl3/c3*1-3-6-4(2)5;2*2-1(3)4/h3*3H2,1-2H3;2*1H. The fourth-order valence-corrected chi connectivity index (χ4v) is 0.610. The molecule has 0 heterocycles. The van der Waals surface area contributed by atoms with E-state index in [1.807, 2.05) is 0 Å². The van der Waals surface area contributed by atoms with Crippen molar-refractivity contribution in [2.24, 2.45) is 0 Å². The summed E-state index contributed by atoms with van der Waals surface area (Å²) in [6.45, 7) is 11.0. The third-order valence-electron chi connectivity index (χ3n) is 1.04. The zero-order chi connectivity index (χ0) is 22.1. The molecule has 0 N–H and O–H groups in total. The van der Waals surface area contributed by atoms with E-state index in [0.29, 0.717) is 19.8 Å². The molecule has 0 amide bonds. The van der Waals surface area contributed by atoms with Gasteiger partial charge in [0, 0.05) is 20.8 Å². The fraction of sp³-hybridized carbons (Fsp3) is 0.786. The molecular weight excluding hydrogens is 477 g/mol. The van der Waals surface area contributed by atoms with Gasteiger partial charge in [0.2, 0.25) is 0 Å². The van der Waals surface area contributed by atoms with Crippen LogP contribution in [0.15, 0.2) is 0 Å². The van der Waals surface area contributed by atoms with E-state index in [9.17, 15) is 14.4 Å². The van der Waals surface area contributed by atoms with Gasteiger partial charge in [-0.3, -0.25) is 14.4 Å². The lowest BCUT2D eigenvalue weighted by atomic mass is 10.8. The number of alkyl halides is 6. The Morgan fingerprint density at radius 2 is 0.692 bits per heavy atom. The molecule has 0 radical (unpaired) electrons. The minimum Gasteiger partial charge on any atom is -0.466 e. The smallest absolute Gasteiger partial charge is 0.302 e. The van der Waals surface area contributed by atoms with Gasteiger partial charge in [-0.2, -0.15) is 0 Å². The van der Waals surface area contributed by atoms with Crippen LogP contribution in [0.2, 0.25) is 0 Å². The Morgan fingerprint density at radius 3 is 0.692 bits per heavy atom. The maximum atomic E-state index is 9.82. The van der Waals surface area contributed by atoms with E-state index in [1.165, 1.54) is 20.8 Å². The maximum Gasteiger partial charge on any atom is 0.302 e. The molecule has 0 atom stereocenters. The van der Waals surface area contributed by atoms with Crippen molar-refractivity contribution in [1.82, 2.24) is 0 Å². The van der Waals surface area contributed by atoms with Crippen molar-refractivity contribution in [3.8, 4) is 0 Å². The first-order valence-corrected chi connectivity index (χ1v) is 9.64. The summed E-state index contributed by atoms with van der Waals surface area (Å²) in [6.07, 6.45) is 0. The van der Waals surface area contributed by atoms with Gasteiger partial charge in [-0.1, -0.05) is 69.6 Å². The third-order valence-corrected chi connectivity index (χ3v) is 1.04. The molecule has 12 heteroatoms. The lowest BCUT2D eigenvalue weighted by Gasteiger charge is -1.89. The number of hydrogen-bond acceptors (Lipinski definition) is 6. The molecule has 0 aliphatic carbocycles. The average molecular weight is 503 g/mol. The second-order valence-electron chi connectivity index (χ2n) is 3.27. The highest BCUT2D eigenvalue weighted by molar-refractivity contribution is 6.63. The Hall–Kier alpha value is 0.150. The Kier molecular flexibility index (Phi) is 46.6. The molecule has 0 fully saturated rings. The normalized spacial score (nSPS) is 8.08. The van der Waals surface area contributed by atoms with Gasteiger partial charge in [0.25, 0.3) is 0 Å². The largest absolute Gasteiger partial charge is 0.466 e. The van der Waals surface area contributed by atoms with Crippen LogP contribution >= 0.6 is 69.6 Å². The molecule has 0 aromatic heterocycles. The highest BCUT2D eigenvalue weighted by atomic mass is 35.6. The molecule has 6 nitrogen and oxygen atoms in total. The topological polar surface area (TPSA) is 78.9 Å². The number of esters is 3. The fourth-order valence-electron chi connectivity index (χ4n) is 0.610. The first-order valence-electron chi connectivity index (χ1n) is 7.02. The summed E-state index contributed by atoms with van der Waals surface area (Å²) in [5.41, 5.74) is 0. The molecule has 0 unspecified atom stereocenters. The van der Waals surface area contributed by atoms with Crippen LogP contribution in [-0.4, -0.2) is 46.3 Å². The Bertz CT molecular complexity index is 267. The number of rotatable bonds is 3. The zero-order valence-electron chi connectivity index (χ0n) is 15.5. The minimum atomic E-state index is -0.750. The summed E-state index contributed by atoms with van der Waals surface area (Å²) < 4.78 is 11.7. The van der Waals surface area contributed by atoms with Crippen LogP contribution in [0.4, 0.5) is 0 Å². The van der Waals surface area contributed by atoms with Crippen molar-refractivity contribution in [2.45, 2.75) is 50.1 Å². The Balaban J connectivity index is -0.0000000716. The van der Waals surface area contributed by atoms with Gasteiger partial charge in [-0.25, -0.2) is 0 Å². The van der Waals surface area contributed by atoms with Crippen molar-refractivity contribution >= 4 is 87.5 Å². The van der Waals surface area contributed by atoms with Crippen LogP contribution in [0.1, 0.15) is 41.5 Å². The van der Waals surface area contributed by atoms with Crippen LogP contribution in [0.5, 0.6) is 0 Å². The summed E-state index contributed by atoms with van der Waals surface area (Å²) in [7, 11) is 0. The van der Waals surface area contributed by atoms with Crippen molar-refractivity contribution < 1.29 is 28.6 Å². The van der Waals surface area contributed by atoms with E-state index in [1.54, 1.807) is 20.8 Å². The highest BCUT2D eigenvalue weighted by Gasteiger charge is 1.83. The predicted octanol–water partition coefficient (Wildman–Crippen LogP) is 5.68. The summed E-state index contributed by atoms with van der Waals surface area (Å²) in [4.78, 5) is 29.5. The van der Waals surface area contributed by atoms with Gasteiger partial charge in [-0.05, 0) is 20.8 Å². The molecule has 0 aliphatic heterocycles. The lowest BCUT2D eigenvalue weighted by Crippen LogP contribution is -1.95. The van der Waals surface area contributed by atoms with Gasteiger partial charge in [0.1, 0.15) is 0 Å². The van der Waals surface area contributed by atoms with Gasteiger partial charge in [0.05, 0.1) is 19.8 Å². The summed E-state index contributed by atoms with van der Waals surface area (Å²) in [6, 6.07) is 0. The molecule has 160 valence electrons. The van der Waals surface area contributed by atoms with Crippen LogP contribution in [0.3, 0.4) is 0 Å². The van der Waals surface area contributed by atoms with Crippen molar-refractivity contribution in [2.75, 3.05) is 19.8 Å². The monoisotopic (exact) mass is 500 g/mol. The van der Waals surface area contributed by atoms with E-state index in [2.05, 4.69) is 14.2 Å². The van der Waals surface area contributed by atoms with E-state index in [-0.39, 0.29) is 17.9 Å². The number of ether oxygens (including phenoxy) is 3. The number of halogens is 6. The molecular formula is C14H26Cl6O6. The number of carbonyl (C=O) groups excluding carboxylic acids is 3. The third kappa shape index (κ3) is 155. The van der Waals surface area contributed by atoms with Gasteiger partial charge in [0.15, 0.2) is 8.59 Å². The van der Waals surface area contributed by atoms with Crippen LogP contribution in [-0.2, 0) is 28.6 Å². The molecule has 26 heavy (non-hydrogen) atoms. The van der Waals surface area contributed by atoms with Gasteiger partial charge in [-0.15, -0.1) is 0 Å². The lowest BCUT2D eigenvalue weighted by molar-refractivity contribution is -0.141. The summed E-state index contributed by atoms with van der Waals surface area (Å²) >= 11 is 28.8. The molecule has 0 aromatic rings. The summed E-state index contributed by atoms with van der Waals surface area (Å²) in [5, 5.41) is 0. The van der Waals surface area contributed by atoms with Crippen molar-refractivity contribution in [1.29, 1.82) is 0 Å². The molecule has 0 saturated carbocycles. The Labute approximate surface area is 185 Å². The minimum absolute atomic E-state index is 0.211. The molecule has 0 spiro atoms. The summed E-state index contributed by atoms with van der Waals surface area (Å²) in [5.74, 6) is -0.632. The zero-order valence-corrected chi connectivity index (χ0v) is 20.0. The average Bonchev–Trinajstić information content (AvgIpc) is 2.37. The van der Waals surface area contributed by atoms with E-state index < -0.39 is 8.59 Å². The number of hydrogen-bond donors (Lipinski definition) is 0. The van der Waals surface area contributed by atoms with Crippen LogP contribution < -0.4 is 0 Å². The second-order valence-corrected chi connectivity index (χ2v) is 7.23. The molecule has 0 bridgehead atoms. The van der Waals surface area contributed by atoms with Crippen molar-refractivity contribution in [3.63, 3.8) is 0 Å².